The van der Waals surface area contributed by atoms with E-state index in [9.17, 15) is 9.59 Å². The standard InChI is InChI=1S/C19H20ClN3O2/c1-2-22(13-14-5-3-7-16(20)11-14)18(24)15-6-4-8-17(12-15)23-10-9-21-19(23)25/h3-8,11-12H,2,9-10,13H2,1H3,(H,21,25). The second kappa shape index (κ2) is 7.57. The van der Waals surface area contributed by atoms with Gasteiger partial charge >= 0.3 is 6.03 Å². The lowest BCUT2D eigenvalue weighted by Gasteiger charge is -2.22. The van der Waals surface area contributed by atoms with E-state index in [4.69, 9.17) is 11.6 Å². The second-order valence-corrected chi connectivity index (χ2v) is 6.32. The number of halogens is 1. The summed E-state index contributed by atoms with van der Waals surface area (Å²) >= 11 is 6.03. The number of carbonyl (C=O) groups excluding carboxylic acids is 2. The van der Waals surface area contributed by atoms with E-state index in [1.165, 1.54) is 0 Å². The highest BCUT2D eigenvalue weighted by atomic mass is 35.5. The van der Waals surface area contributed by atoms with Crippen LogP contribution in [0.1, 0.15) is 22.8 Å². The van der Waals surface area contributed by atoms with Crippen LogP contribution in [0.5, 0.6) is 0 Å². The van der Waals surface area contributed by atoms with E-state index in [-0.39, 0.29) is 11.9 Å². The van der Waals surface area contributed by atoms with Crippen molar-refractivity contribution in [2.75, 3.05) is 24.5 Å². The summed E-state index contributed by atoms with van der Waals surface area (Å²) in [6.45, 7) is 4.24. The van der Waals surface area contributed by atoms with Crippen LogP contribution in [0.25, 0.3) is 0 Å². The van der Waals surface area contributed by atoms with Crippen LogP contribution in [0.15, 0.2) is 48.5 Å². The monoisotopic (exact) mass is 357 g/mol. The smallest absolute Gasteiger partial charge is 0.321 e. The highest BCUT2D eigenvalue weighted by Crippen LogP contribution is 2.20. The number of benzene rings is 2. The molecule has 0 bridgehead atoms. The molecule has 2 aromatic rings. The van der Waals surface area contributed by atoms with E-state index in [1.807, 2.05) is 37.3 Å². The van der Waals surface area contributed by atoms with Crippen LogP contribution in [0.3, 0.4) is 0 Å². The molecule has 0 aliphatic carbocycles. The molecule has 1 aliphatic rings. The van der Waals surface area contributed by atoms with Crippen LogP contribution in [0.2, 0.25) is 5.02 Å². The Morgan fingerprint density at radius 1 is 1.24 bits per heavy atom. The molecule has 1 aliphatic heterocycles. The van der Waals surface area contributed by atoms with Crippen molar-refractivity contribution in [1.29, 1.82) is 0 Å². The molecule has 0 radical (unpaired) electrons. The lowest BCUT2D eigenvalue weighted by molar-refractivity contribution is 0.0752. The summed E-state index contributed by atoms with van der Waals surface area (Å²) < 4.78 is 0. The number of amides is 3. The van der Waals surface area contributed by atoms with Crippen molar-refractivity contribution in [2.24, 2.45) is 0 Å². The molecule has 6 heteroatoms. The van der Waals surface area contributed by atoms with Crippen molar-refractivity contribution in [2.45, 2.75) is 13.5 Å². The molecule has 3 rings (SSSR count). The SMILES string of the molecule is CCN(Cc1cccc(Cl)c1)C(=O)c1cccc(N2CCNC2=O)c1. The van der Waals surface area contributed by atoms with Gasteiger partial charge in [-0.15, -0.1) is 0 Å². The van der Waals surface area contributed by atoms with E-state index in [2.05, 4.69) is 5.32 Å². The van der Waals surface area contributed by atoms with Gasteiger partial charge in [0, 0.05) is 42.5 Å². The van der Waals surface area contributed by atoms with Gasteiger partial charge in [-0.1, -0.05) is 29.8 Å². The Labute approximate surface area is 152 Å². The zero-order valence-electron chi connectivity index (χ0n) is 14.0. The molecule has 2 aromatic carbocycles. The van der Waals surface area contributed by atoms with Crippen LogP contribution in [-0.4, -0.2) is 36.5 Å². The molecule has 3 amide bonds. The number of hydrogen-bond donors (Lipinski definition) is 1. The highest BCUT2D eigenvalue weighted by molar-refractivity contribution is 6.30. The van der Waals surface area contributed by atoms with Crippen LogP contribution >= 0.6 is 11.6 Å². The molecule has 1 N–H and O–H groups in total. The Balaban J connectivity index is 1.79. The van der Waals surface area contributed by atoms with E-state index >= 15 is 0 Å². The van der Waals surface area contributed by atoms with E-state index < -0.39 is 0 Å². The number of anilines is 1. The third-order valence-corrected chi connectivity index (χ3v) is 4.43. The molecule has 130 valence electrons. The molecular weight excluding hydrogens is 338 g/mol. The molecular formula is C19H20ClN3O2. The summed E-state index contributed by atoms with van der Waals surface area (Å²) in [4.78, 5) is 28.1. The van der Waals surface area contributed by atoms with Gasteiger partial charge < -0.3 is 10.2 Å². The number of rotatable bonds is 5. The van der Waals surface area contributed by atoms with Gasteiger partial charge in [0.1, 0.15) is 0 Å². The van der Waals surface area contributed by atoms with Crippen molar-refractivity contribution < 1.29 is 9.59 Å². The molecule has 0 saturated carbocycles. The summed E-state index contributed by atoms with van der Waals surface area (Å²) in [5.74, 6) is -0.0658. The first-order chi connectivity index (χ1) is 12.1. The summed E-state index contributed by atoms with van der Waals surface area (Å²) in [5, 5.41) is 3.42. The lowest BCUT2D eigenvalue weighted by Crippen LogP contribution is -2.31. The average molecular weight is 358 g/mol. The average Bonchev–Trinajstić information content (AvgIpc) is 3.05. The molecule has 25 heavy (non-hydrogen) atoms. The summed E-state index contributed by atoms with van der Waals surface area (Å²) in [6, 6.07) is 14.6. The zero-order valence-corrected chi connectivity index (χ0v) is 14.8. The van der Waals surface area contributed by atoms with Gasteiger partial charge in [-0.2, -0.15) is 0 Å². The summed E-state index contributed by atoms with van der Waals surface area (Å²) in [6.07, 6.45) is 0. The van der Waals surface area contributed by atoms with Gasteiger partial charge in [0.05, 0.1) is 0 Å². The zero-order chi connectivity index (χ0) is 17.8. The molecule has 0 aromatic heterocycles. The number of urea groups is 1. The van der Waals surface area contributed by atoms with Crippen LogP contribution in [0, 0.1) is 0 Å². The topological polar surface area (TPSA) is 52.7 Å². The lowest BCUT2D eigenvalue weighted by atomic mass is 10.1. The number of carbonyl (C=O) groups is 2. The van der Waals surface area contributed by atoms with Crippen LogP contribution < -0.4 is 10.2 Å². The van der Waals surface area contributed by atoms with Gasteiger partial charge in [-0.25, -0.2) is 4.79 Å². The fourth-order valence-corrected chi connectivity index (χ4v) is 3.10. The van der Waals surface area contributed by atoms with E-state index in [0.717, 1.165) is 11.3 Å². The first-order valence-electron chi connectivity index (χ1n) is 8.27. The van der Waals surface area contributed by atoms with E-state index in [1.54, 1.807) is 28.0 Å². The van der Waals surface area contributed by atoms with Gasteiger partial charge in [0.25, 0.3) is 5.91 Å². The number of nitrogens with zero attached hydrogens (tertiary/aromatic N) is 2. The predicted molar refractivity (Wildman–Crippen MR) is 99.1 cm³/mol. The van der Waals surface area contributed by atoms with Crippen LogP contribution in [-0.2, 0) is 6.54 Å². The Kier molecular flexibility index (Phi) is 5.24. The molecule has 0 unspecified atom stereocenters. The van der Waals surface area contributed by atoms with Gasteiger partial charge in [-0.3, -0.25) is 9.69 Å². The Morgan fingerprint density at radius 2 is 2.04 bits per heavy atom. The minimum absolute atomic E-state index is 0.0658. The third kappa shape index (κ3) is 3.94. The normalized spacial score (nSPS) is 13.7. The van der Waals surface area contributed by atoms with Crippen LogP contribution in [0.4, 0.5) is 10.5 Å². The number of nitrogens with one attached hydrogen (secondary N) is 1. The van der Waals surface area contributed by atoms with Gasteiger partial charge in [-0.05, 0) is 42.8 Å². The van der Waals surface area contributed by atoms with Crippen molar-refractivity contribution in [3.63, 3.8) is 0 Å². The first-order valence-corrected chi connectivity index (χ1v) is 8.65. The molecule has 1 saturated heterocycles. The molecule has 1 heterocycles. The molecule has 0 atom stereocenters. The van der Waals surface area contributed by atoms with Crippen molar-refractivity contribution in [1.82, 2.24) is 10.2 Å². The minimum atomic E-state index is -0.129. The van der Waals surface area contributed by atoms with Gasteiger partial charge in [0.15, 0.2) is 0 Å². The van der Waals surface area contributed by atoms with E-state index in [0.29, 0.717) is 36.8 Å². The summed E-state index contributed by atoms with van der Waals surface area (Å²) in [5.41, 5.74) is 2.29. The fourth-order valence-electron chi connectivity index (χ4n) is 2.89. The molecule has 0 spiro atoms. The quantitative estimate of drug-likeness (QED) is 0.890. The summed E-state index contributed by atoms with van der Waals surface area (Å²) in [7, 11) is 0. The van der Waals surface area contributed by atoms with Crippen molar-refractivity contribution in [3.05, 3.63) is 64.7 Å². The molecule has 5 nitrogen and oxygen atoms in total. The maximum absolute atomic E-state index is 12.9. The largest absolute Gasteiger partial charge is 0.336 e. The third-order valence-electron chi connectivity index (χ3n) is 4.19. The van der Waals surface area contributed by atoms with Gasteiger partial charge in [0.2, 0.25) is 0 Å². The fraction of sp³-hybridized carbons (Fsp3) is 0.263. The number of hydrogen-bond acceptors (Lipinski definition) is 2. The Hall–Kier alpha value is -2.53. The maximum Gasteiger partial charge on any atom is 0.321 e. The maximum atomic E-state index is 12.9. The minimum Gasteiger partial charge on any atom is -0.336 e. The predicted octanol–water partition coefficient (Wildman–Crippen LogP) is 3.53. The van der Waals surface area contributed by atoms with Crippen molar-refractivity contribution in [3.8, 4) is 0 Å². The van der Waals surface area contributed by atoms with Crippen molar-refractivity contribution >= 4 is 29.2 Å². The Morgan fingerprint density at radius 3 is 2.72 bits per heavy atom. The highest BCUT2D eigenvalue weighted by Gasteiger charge is 2.22. The Bertz CT molecular complexity index is 794. The first kappa shape index (κ1) is 17.3. The molecule has 1 fully saturated rings. The second-order valence-electron chi connectivity index (χ2n) is 5.88.